The molecule has 0 aliphatic carbocycles. The second kappa shape index (κ2) is 6.49. The van der Waals surface area contributed by atoms with Crippen molar-refractivity contribution in [2.45, 2.75) is 26.2 Å². The number of nitro groups is 1. The second-order valence-corrected chi connectivity index (χ2v) is 6.72. The molecule has 24 heavy (non-hydrogen) atoms. The first-order valence-electron chi connectivity index (χ1n) is 7.12. The minimum Gasteiger partial charge on any atom is -0.870 e. The first-order valence-corrected chi connectivity index (χ1v) is 7.50. The van der Waals surface area contributed by atoms with E-state index in [1.165, 1.54) is 24.4 Å². The Kier molecular flexibility index (Phi) is 4.80. The molecule has 0 spiro atoms. The van der Waals surface area contributed by atoms with Crippen molar-refractivity contribution in [1.82, 2.24) is 0 Å². The summed E-state index contributed by atoms with van der Waals surface area (Å²) in [6, 6.07) is 6.80. The first kappa shape index (κ1) is 17.7. The normalized spacial score (nSPS) is 11.8. The fraction of sp³-hybridized carbons (Fsp3) is 0.235. The number of hydrogen-bond acceptors (Lipinski definition) is 5. The number of benzene rings is 2. The molecule has 2 aromatic carbocycles. The number of non-ortho nitro benzene ring substituents is 1. The molecular formula is C17H16ClN2O4-. The molecule has 0 fully saturated rings. The number of aliphatic imine (C=N–C) groups is 1. The average Bonchev–Trinajstić information content (AvgIpc) is 2.48. The molecule has 0 aliphatic heterocycles. The van der Waals surface area contributed by atoms with Crippen LogP contribution in [0.25, 0.3) is 0 Å². The summed E-state index contributed by atoms with van der Waals surface area (Å²) in [5, 5.41) is 32.8. The summed E-state index contributed by atoms with van der Waals surface area (Å²) in [4.78, 5) is 14.3. The number of nitro benzene ring substituents is 1. The van der Waals surface area contributed by atoms with Gasteiger partial charge in [-0.1, -0.05) is 38.1 Å². The van der Waals surface area contributed by atoms with Gasteiger partial charge in [0.2, 0.25) is 0 Å². The Morgan fingerprint density at radius 1 is 1.25 bits per heavy atom. The van der Waals surface area contributed by atoms with Crippen LogP contribution in [0, 0.1) is 10.1 Å². The van der Waals surface area contributed by atoms with Crippen molar-refractivity contribution >= 4 is 29.2 Å². The Hall–Kier alpha value is -2.60. The van der Waals surface area contributed by atoms with Crippen molar-refractivity contribution in [3.05, 3.63) is 56.6 Å². The summed E-state index contributed by atoms with van der Waals surface area (Å²) in [7, 11) is 0. The molecule has 126 valence electrons. The van der Waals surface area contributed by atoms with Gasteiger partial charge in [-0.05, 0) is 29.2 Å². The lowest BCUT2D eigenvalue weighted by Crippen LogP contribution is -2.11. The molecule has 2 rings (SSSR count). The van der Waals surface area contributed by atoms with E-state index in [4.69, 9.17) is 11.6 Å². The van der Waals surface area contributed by atoms with Crippen LogP contribution in [-0.2, 0) is 5.41 Å². The van der Waals surface area contributed by atoms with E-state index in [2.05, 4.69) is 4.99 Å². The van der Waals surface area contributed by atoms with E-state index in [9.17, 15) is 20.3 Å². The third kappa shape index (κ3) is 3.83. The molecule has 0 heterocycles. The zero-order chi connectivity index (χ0) is 18.1. The van der Waals surface area contributed by atoms with Crippen molar-refractivity contribution in [3.8, 4) is 11.5 Å². The van der Waals surface area contributed by atoms with Crippen LogP contribution in [0.3, 0.4) is 0 Å². The summed E-state index contributed by atoms with van der Waals surface area (Å²) in [5.74, 6) is -0.610. The van der Waals surface area contributed by atoms with Crippen molar-refractivity contribution < 1.29 is 15.1 Å². The highest BCUT2D eigenvalue weighted by Gasteiger charge is 2.16. The van der Waals surface area contributed by atoms with Crippen LogP contribution < -0.4 is 5.11 Å². The van der Waals surface area contributed by atoms with Gasteiger partial charge in [0.15, 0.2) is 0 Å². The molecular weight excluding hydrogens is 332 g/mol. The Bertz CT molecular complexity index is 826. The highest BCUT2D eigenvalue weighted by Crippen LogP contribution is 2.37. The van der Waals surface area contributed by atoms with Gasteiger partial charge in [-0.2, -0.15) is 0 Å². The van der Waals surface area contributed by atoms with Crippen molar-refractivity contribution in [3.63, 3.8) is 0 Å². The fourth-order valence-electron chi connectivity index (χ4n) is 2.01. The smallest absolute Gasteiger partial charge is 0.270 e. The summed E-state index contributed by atoms with van der Waals surface area (Å²) >= 11 is 5.98. The van der Waals surface area contributed by atoms with E-state index in [0.29, 0.717) is 0 Å². The molecule has 0 radical (unpaired) electrons. The molecule has 0 amide bonds. The molecule has 0 saturated carbocycles. The van der Waals surface area contributed by atoms with Crippen LogP contribution in [0.4, 0.5) is 11.4 Å². The van der Waals surface area contributed by atoms with Crippen LogP contribution in [0.1, 0.15) is 31.9 Å². The molecule has 0 bridgehead atoms. The largest absolute Gasteiger partial charge is 0.870 e. The lowest BCUT2D eigenvalue weighted by Gasteiger charge is -2.23. The Morgan fingerprint density at radius 2 is 1.92 bits per heavy atom. The van der Waals surface area contributed by atoms with Gasteiger partial charge in [-0.3, -0.25) is 15.1 Å². The van der Waals surface area contributed by atoms with Crippen LogP contribution >= 0.6 is 11.6 Å². The Balaban J connectivity index is 2.48. The van der Waals surface area contributed by atoms with Gasteiger partial charge < -0.3 is 10.2 Å². The van der Waals surface area contributed by atoms with Gasteiger partial charge in [0.05, 0.1) is 10.6 Å². The zero-order valence-electron chi connectivity index (χ0n) is 13.4. The van der Waals surface area contributed by atoms with E-state index in [1.807, 2.05) is 20.8 Å². The molecule has 1 N–H and O–H groups in total. The monoisotopic (exact) mass is 347 g/mol. The lowest BCUT2D eigenvalue weighted by molar-refractivity contribution is -0.384. The fourth-order valence-corrected chi connectivity index (χ4v) is 2.22. The molecule has 0 atom stereocenters. The van der Waals surface area contributed by atoms with E-state index >= 15 is 0 Å². The number of phenols is 1. The Morgan fingerprint density at radius 3 is 2.50 bits per heavy atom. The predicted molar refractivity (Wildman–Crippen MR) is 91.6 cm³/mol. The summed E-state index contributed by atoms with van der Waals surface area (Å²) < 4.78 is 0. The second-order valence-electron chi connectivity index (χ2n) is 6.31. The number of halogens is 1. The topological polar surface area (TPSA) is 98.8 Å². The van der Waals surface area contributed by atoms with Crippen molar-refractivity contribution in [2.75, 3.05) is 0 Å². The highest BCUT2D eigenvalue weighted by molar-refractivity contribution is 6.32. The molecule has 0 aliphatic rings. The van der Waals surface area contributed by atoms with Gasteiger partial charge in [-0.15, -0.1) is 0 Å². The summed E-state index contributed by atoms with van der Waals surface area (Å²) in [6.45, 7) is 5.93. The molecule has 0 unspecified atom stereocenters. The van der Waals surface area contributed by atoms with Gasteiger partial charge in [-0.25, -0.2) is 0 Å². The SMILES string of the molecule is CC(C)(C)c1cc(Cl)c([O-])c(N=Cc2cc([N+](=O)[O-])ccc2O)c1. The molecule has 2 aromatic rings. The average molecular weight is 348 g/mol. The Labute approximate surface area is 144 Å². The van der Waals surface area contributed by atoms with Crippen molar-refractivity contribution in [1.29, 1.82) is 0 Å². The minimum atomic E-state index is -0.576. The third-order valence-electron chi connectivity index (χ3n) is 3.45. The van der Waals surface area contributed by atoms with Crippen molar-refractivity contribution in [2.24, 2.45) is 4.99 Å². The predicted octanol–water partition coefficient (Wildman–Crippen LogP) is 4.08. The highest BCUT2D eigenvalue weighted by atomic mass is 35.5. The van der Waals surface area contributed by atoms with Crippen LogP contribution in [-0.4, -0.2) is 16.2 Å². The standard InChI is InChI=1S/C17H17ClN2O4/c1-17(2,3)11-7-13(18)16(22)14(8-11)19-9-10-6-12(20(23)24)4-5-15(10)21/h4-9,21-22H,1-3H3/p-1. The third-order valence-corrected chi connectivity index (χ3v) is 3.74. The van der Waals surface area contributed by atoms with E-state index in [0.717, 1.165) is 5.56 Å². The summed E-state index contributed by atoms with van der Waals surface area (Å²) in [6.07, 6.45) is 1.21. The lowest BCUT2D eigenvalue weighted by atomic mass is 9.87. The van der Waals surface area contributed by atoms with E-state index in [1.54, 1.807) is 12.1 Å². The number of hydrogen-bond donors (Lipinski definition) is 1. The molecule has 0 aromatic heterocycles. The van der Waals surface area contributed by atoms with Gasteiger partial charge in [0.25, 0.3) is 5.69 Å². The maximum atomic E-state index is 12.1. The molecule has 7 heteroatoms. The molecule has 0 saturated heterocycles. The maximum Gasteiger partial charge on any atom is 0.270 e. The zero-order valence-corrected chi connectivity index (χ0v) is 14.2. The van der Waals surface area contributed by atoms with Gasteiger partial charge >= 0.3 is 0 Å². The maximum absolute atomic E-state index is 12.1. The van der Waals surface area contributed by atoms with Gasteiger partial charge in [0.1, 0.15) is 5.75 Å². The van der Waals surface area contributed by atoms with E-state index < -0.39 is 10.7 Å². The summed E-state index contributed by atoms with van der Waals surface area (Å²) in [5.41, 5.74) is 0.676. The quantitative estimate of drug-likeness (QED) is 0.513. The van der Waals surface area contributed by atoms with Crippen LogP contribution in [0.5, 0.6) is 11.5 Å². The number of aromatic hydroxyl groups is 1. The number of rotatable bonds is 3. The van der Waals surface area contributed by atoms with E-state index in [-0.39, 0.29) is 33.1 Å². The first-order chi connectivity index (χ1) is 11.1. The van der Waals surface area contributed by atoms with Gasteiger partial charge in [0, 0.05) is 28.9 Å². The number of nitrogens with zero attached hydrogens (tertiary/aromatic N) is 2. The van der Waals surface area contributed by atoms with Crippen LogP contribution in [0.2, 0.25) is 5.02 Å². The molecule has 6 nitrogen and oxygen atoms in total. The van der Waals surface area contributed by atoms with Crippen LogP contribution in [0.15, 0.2) is 35.3 Å². The minimum absolute atomic E-state index is 0.0536. The number of phenolic OH excluding ortho intramolecular Hbond substituents is 1.